The van der Waals surface area contributed by atoms with Crippen molar-refractivity contribution in [2.45, 2.75) is 30.8 Å². The fraction of sp³-hybridized carbons (Fsp3) is 0.538. The smallest absolute Gasteiger partial charge is 0.371 e. The Labute approximate surface area is 113 Å². The van der Waals surface area contributed by atoms with Crippen LogP contribution >= 0.6 is 15.9 Å². The summed E-state index contributed by atoms with van der Waals surface area (Å²) in [5, 5.41) is 0. The van der Waals surface area contributed by atoms with Crippen molar-refractivity contribution in [3.05, 3.63) is 35.4 Å². The molecule has 0 aliphatic heterocycles. The van der Waals surface area contributed by atoms with E-state index in [0.717, 1.165) is 5.56 Å². The van der Waals surface area contributed by atoms with Gasteiger partial charge >= 0.3 is 6.18 Å². The fourth-order valence-corrected chi connectivity index (χ4v) is 1.96. The van der Waals surface area contributed by atoms with E-state index in [1.165, 1.54) is 5.56 Å². The summed E-state index contributed by atoms with van der Waals surface area (Å²) in [5.41, 5.74) is 2.12. The fourth-order valence-electron chi connectivity index (χ4n) is 1.46. The molecule has 0 aliphatic carbocycles. The summed E-state index contributed by atoms with van der Waals surface area (Å²) >= 11 is 3.32. The first-order valence-corrected chi connectivity index (χ1v) is 6.59. The van der Waals surface area contributed by atoms with E-state index in [1.54, 1.807) is 0 Å². The van der Waals surface area contributed by atoms with E-state index in [2.05, 4.69) is 34.5 Å². The zero-order chi connectivity index (χ0) is 13.8. The molecular formula is C13H16BrF3O. The lowest BCUT2D eigenvalue weighted by Gasteiger charge is -2.13. The van der Waals surface area contributed by atoms with Crippen molar-refractivity contribution >= 4 is 15.9 Å². The third-order valence-electron chi connectivity index (χ3n) is 2.49. The van der Waals surface area contributed by atoms with Gasteiger partial charge in [-0.3, -0.25) is 0 Å². The van der Waals surface area contributed by atoms with Gasteiger partial charge in [-0.15, -0.1) is 0 Å². The monoisotopic (exact) mass is 324 g/mol. The van der Waals surface area contributed by atoms with Gasteiger partial charge in [-0.1, -0.05) is 54.0 Å². The Morgan fingerprint density at radius 1 is 1.11 bits per heavy atom. The van der Waals surface area contributed by atoms with E-state index in [9.17, 15) is 13.2 Å². The molecule has 0 saturated heterocycles. The summed E-state index contributed by atoms with van der Waals surface area (Å²) in [6.45, 7) is 2.97. The highest BCUT2D eigenvalue weighted by Crippen LogP contribution is 2.26. The minimum Gasteiger partial charge on any atom is -0.371 e. The summed E-state index contributed by atoms with van der Waals surface area (Å²) in [6.07, 6.45) is -4.27. The second-order valence-corrected chi connectivity index (χ2v) is 5.52. The number of ether oxygens (including phenoxy) is 1. The quantitative estimate of drug-likeness (QED) is 0.705. The minimum absolute atomic E-state index is 0.000531. The van der Waals surface area contributed by atoms with Gasteiger partial charge in [0.15, 0.2) is 0 Å². The molecule has 0 saturated carbocycles. The SMILES string of the molecule is CC(C)c1ccc(C(Br)COCC(F)(F)F)cc1. The van der Waals surface area contributed by atoms with Crippen LogP contribution in [0.3, 0.4) is 0 Å². The zero-order valence-electron chi connectivity index (χ0n) is 10.3. The lowest BCUT2D eigenvalue weighted by atomic mass is 10.0. The van der Waals surface area contributed by atoms with Gasteiger partial charge in [0.2, 0.25) is 0 Å². The van der Waals surface area contributed by atoms with Crippen LogP contribution in [0.4, 0.5) is 13.2 Å². The largest absolute Gasteiger partial charge is 0.411 e. The van der Waals surface area contributed by atoms with Gasteiger partial charge < -0.3 is 4.74 Å². The Bertz CT molecular complexity index is 359. The molecule has 0 bridgehead atoms. The first-order valence-electron chi connectivity index (χ1n) is 5.68. The van der Waals surface area contributed by atoms with E-state index in [1.807, 2.05) is 24.3 Å². The summed E-state index contributed by atoms with van der Waals surface area (Å²) < 4.78 is 40.3. The number of hydrogen-bond acceptors (Lipinski definition) is 1. The Hall–Kier alpha value is -0.550. The van der Waals surface area contributed by atoms with Crippen LogP contribution in [0, 0.1) is 0 Å². The molecule has 1 aromatic rings. The molecule has 1 rings (SSSR count). The van der Waals surface area contributed by atoms with Gasteiger partial charge in [0.1, 0.15) is 6.61 Å². The lowest BCUT2D eigenvalue weighted by Crippen LogP contribution is -2.18. The Morgan fingerprint density at radius 3 is 2.06 bits per heavy atom. The predicted molar refractivity (Wildman–Crippen MR) is 69.1 cm³/mol. The summed E-state index contributed by atoms with van der Waals surface area (Å²) in [5.74, 6) is 0.439. The number of rotatable bonds is 5. The Morgan fingerprint density at radius 2 is 1.61 bits per heavy atom. The average Bonchev–Trinajstić information content (AvgIpc) is 2.27. The van der Waals surface area contributed by atoms with Crippen LogP contribution in [0.25, 0.3) is 0 Å². The van der Waals surface area contributed by atoms with Crippen molar-refractivity contribution in [2.75, 3.05) is 13.2 Å². The number of benzene rings is 1. The molecule has 0 radical (unpaired) electrons. The maximum absolute atomic E-state index is 11.9. The maximum Gasteiger partial charge on any atom is 0.411 e. The Kier molecular flexibility index (Phi) is 5.66. The molecule has 0 aliphatic rings. The number of hydrogen-bond donors (Lipinski definition) is 0. The second kappa shape index (κ2) is 6.57. The van der Waals surface area contributed by atoms with Crippen molar-refractivity contribution < 1.29 is 17.9 Å². The highest BCUT2D eigenvalue weighted by Gasteiger charge is 2.27. The van der Waals surface area contributed by atoms with E-state index in [0.29, 0.717) is 5.92 Å². The maximum atomic E-state index is 11.9. The first kappa shape index (κ1) is 15.5. The zero-order valence-corrected chi connectivity index (χ0v) is 11.9. The standard InChI is InChI=1S/C13H16BrF3O/c1-9(2)10-3-5-11(6-4-10)12(14)7-18-8-13(15,16)17/h3-6,9,12H,7-8H2,1-2H3. The van der Waals surface area contributed by atoms with Crippen molar-refractivity contribution in [3.63, 3.8) is 0 Å². The van der Waals surface area contributed by atoms with Crippen LogP contribution in [-0.2, 0) is 4.74 Å². The minimum atomic E-state index is -4.27. The lowest BCUT2D eigenvalue weighted by molar-refractivity contribution is -0.173. The third kappa shape index (κ3) is 5.40. The molecule has 18 heavy (non-hydrogen) atoms. The predicted octanol–water partition coefficient (Wildman–Crippen LogP) is 4.82. The van der Waals surface area contributed by atoms with Crippen molar-refractivity contribution in [1.29, 1.82) is 0 Å². The summed E-state index contributed by atoms with van der Waals surface area (Å²) in [6, 6.07) is 7.79. The van der Waals surface area contributed by atoms with Gasteiger partial charge in [-0.05, 0) is 17.0 Å². The number of alkyl halides is 4. The third-order valence-corrected chi connectivity index (χ3v) is 3.29. The average molecular weight is 325 g/mol. The van der Waals surface area contributed by atoms with Gasteiger partial charge in [0.25, 0.3) is 0 Å². The Balaban J connectivity index is 2.49. The van der Waals surface area contributed by atoms with Gasteiger partial charge in [-0.25, -0.2) is 0 Å². The van der Waals surface area contributed by atoms with E-state index in [4.69, 9.17) is 0 Å². The molecule has 1 atom stereocenters. The van der Waals surface area contributed by atoms with Crippen LogP contribution in [-0.4, -0.2) is 19.4 Å². The summed E-state index contributed by atoms with van der Waals surface area (Å²) in [7, 11) is 0. The van der Waals surface area contributed by atoms with Crippen LogP contribution in [0.2, 0.25) is 0 Å². The van der Waals surface area contributed by atoms with Crippen molar-refractivity contribution in [2.24, 2.45) is 0 Å². The molecule has 5 heteroatoms. The molecule has 0 aromatic heterocycles. The topological polar surface area (TPSA) is 9.23 Å². The highest BCUT2D eigenvalue weighted by molar-refractivity contribution is 9.09. The second-order valence-electron chi connectivity index (χ2n) is 4.42. The molecular weight excluding hydrogens is 309 g/mol. The normalized spacial score (nSPS) is 13.9. The van der Waals surface area contributed by atoms with Crippen molar-refractivity contribution in [3.8, 4) is 0 Å². The molecule has 0 heterocycles. The van der Waals surface area contributed by atoms with Gasteiger partial charge in [0, 0.05) is 0 Å². The molecule has 0 spiro atoms. The highest BCUT2D eigenvalue weighted by atomic mass is 79.9. The van der Waals surface area contributed by atoms with E-state index in [-0.39, 0.29) is 11.4 Å². The van der Waals surface area contributed by atoms with Gasteiger partial charge in [0.05, 0.1) is 11.4 Å². The molecule has 0 fully saturated rings. The molecule has 1 nitrogen and oxygen atoms in total. The molecule has 102 valence electrons. The molecule has 0 N–H and O–H groups in total. The van der Waals surface area contributed by atoms with E-state index >= 15 is 0 Å². The van der Waals surface area contributed by atoms with Gasteiger partial charge in [-0.2, -0.15) is 13.2 Å². The molecule has 1 aromatic carbocycles. The van der Waals surface area contributed by atoms with Crippen LogP contribution in [0.5, 0.6) is 0 Å². The van der Waals surface area contributed by atoms with Crippen molar-refractivity contribution in [1.82, 2.24) is 0 Å². The van der Waals surface area contributed by atoms with Crippen LogP contribution < -0.4 is 0 Å². The van der Waals surface area contributed by atoms with E-state index < -0.39 is 12.8 Å². The molecule has 1 unspecified atom stereocenters. The first-order chi connectivity index (χ1) is 8.29. The van der Waals surface area contributed by atoms with Crippen LogP contribution in [0.15, 0.2) is 24.3 Å². The van der Waals surface area contributed by atoms with Crippen LogP contribution in [0.1, 0.15) is 35.7 Å². The summed E-state index contributed by atoms with van der Waals surface area (Å²) in [4.78, 5) is -0.221. The molecule has 0 amide bonds. The number of halogens is 4.